The number of rotatable bonds is 4. The van der Waals surface area contributed by atoms with E-state index in [-0.39, 0.29) is 29.3 Å². The highest BCUT2D eigenvalue weighted by molar-refractivity contribution is 5.91. The van der Waals surface area contributed by atoms with E-state index < -0.39 is 5.91 Å². The second-order valence-corrected chi connectivity index (χ2v) is 7.07. The zero-order valence-electron chi connectivity index (χ0n) is 14.9. The highest BCUT2D eigenvalue weighted by Crippen LogP contribution is 2.38. The normalized spacial score (nSPS) is 20.1. The lowest BCUT2D eigenvalue weighted by molar-refractivity contribution is 0.0231. The van der Waals surface area contributed by atoms with Gasteiger partial charge < -0.3 is 14.8 Å². The number of aliphatic hydroxyl groups excluding tert-OH is 1. The Morgan fingerprint density at radius 3 is 2.78 bits per heavy atom. The molecule has 1 fully saturated rings. The van der Waals surface area contributed by atoms with Crippen LogP contribution in [0.2, 0.25) is 0 Å². The summed E-state index contributed by atoms with van der Waals surface area (Å²) in [5.74, 6) is 0.0213. The fraction of sp³-hybridized carbons (Fsp3) is 0.286. The van der Waals surface area contributed by atoms with Crippen molar-refractivity contribution >= 4 is 16.8 Å². The number of aryl methyl sites for hydroxylation is 1. The Balaban J connectivity index is 1.66. The number of amides is 1. The molecular weight excluding hydrogens is 344 g/mol. The first-order chi connectivity index (χ1) is 13.0. The molecule has 3 aromatic rings. The van der Waals surface area contributed by atoms with Gasteiger partial charge in [0.1, 0.15) is 5.76 Å². The number of aliphatic hydroxyl groups is 1. The maximum atomic E-state index is 12.7. The maximum Gasteiger partial charge on any atom is 0.287 e. The number of para-hydroxylation sites is 1. The SMILES string of the molecule is Cc1cc(=O)cc(C(=O)N[C@@H](c2cnc3ccccc3c2)C2CC(O)C2)o1. The van der Waals surface area contributed by atoms with Crippen molar-refractivity contribution in [2.24, 2.45) is 5.92 Å². The van der Waals surface area contributed by atoms with Gasteiger partial charge in [-0.05, 0) is 43.4 Å². The minimum atomic E-state index is -0.449. The summed E-state index contributed by atoms with van der Waals surface area (Å²) in [5, 5.41) is 13.7. The first-order valence-electron chi connectivity index (χ1n) is 8.95. The summed E-state index contributed by atoms with van der Waals surface area (Å²) in [6.07, 6.45) is 2.62. The lowest BCUT2D eigenvalue weighted by Gasteiger charge is -2.38. The van der Waals surface area contributed by atoms with Gasteiger partial charge in [0.2, 0.25) is 0 Å². The molecule has 0 unspecified atom stereocenters. The standard InChI is InChI=1S/C21H20N2O4/c1-12-6-16(24)10-19(27-12)21(26)23-20(14-8-17(25)9-14)15-7-13-4-2-3-5-18(13)22-11-15/h2-7,10-11,14,17,20,25H,8-9H2,1H3,(H,23,26)/t14?,17?,20-/m1/s1. The van der Waals surface area contributed by atoms with Crippen LogP contribution in [0.5, 0.6) is 0 Å². The number of pyridine rings is 1. The predicted octanol–water partition coefficient (Wildman–Crippen LogP) is 2.74. The summed E-state index contributed by atoms with van der Waals surface area (Å²) in [7, 11) is 0. The van der Waals surface area contributed by atoms with Crippen LogP contribution in [0.25, 0.3) is 10.9 Å². The Labute approximate surface area is 155 Å². The van der Waals surface area contributed by atoms with E-state index in [1.807, 2.05) is 30.3 Å². The molecule has 1 aliphatic rings. The average Bonchev–Trinajstić information content (AvgIpc) is 2.62. The molecule has 0 saturated heterocycles. The Bertz CT molecular complexity index is 1050. The fourth-order valence-corrected chi connectivity index (χ4v) is 3.56. The van der Waals surface area contributed by atoms with E-state index in [4.69, 9.17) is 4.42 Å². The zero-order chi connectivity index (χ0) is 19.0. The molecule has 1 aromatic carbocycles. The van der Waals surface area contributed by atoms with E-state index in [1.54, 1.807) is 13.1 Å². The number of nitrogens with one attached hydrogen (secondary N) is 1. The van der Waals surface area contributed by atoms with Crippen LogP contribution in [0.1, 0.15) is 40.8 Å². The summed E-state index contributed by atoms with van der Waals surface area (Å²) < 4.78 is 5.40. The largest absolute Gasteiger partial charge is 0.456 e. The summed E-state index contributed by atoms with van der Waals surface area (Å²) in [6, 6.07) is 12.0. The van der Waals surface area contributed by atoms with Gasteiger partial charge in [-0.3, -0.25) is 14.6 Å². The molecular formula is C21H20N2O4. The van der Waals surface area contributed by atoms with Gasteiger partial charge in [-0.25, -0.2) is 0 Å². The Hall–Kier alpha value is -2.99. The second kappa shape index (κ2) is 6.96. The minimum Gasteiger partial charge on any atom is -0.456 e. The van der Waals surface area contributed by atoms with E-state index in [9.17, 15) is 14.7 Å². The van der Waals surface area contributed by atoms with Crippen LogP contribution in [0, 0.1) is 12.8 Å². The number of hydrogen-bond donors (Lipinski definition) is 2. The number of aromatic nitrogens is 1. The van der Waals surface area contributed by atoms with Gasteiger partial charge in [-0.15, -0.1) is 0 Å². The molecule has 2 aromatic heterocycles. The zero-order valence-corrected chi connectivity index (χ0v) is 14.9. The second-order valence-electron chi connectivity index (χ2n) is 7.07. The van der Waals surface area contributed by atoms with Crippen LogP contribution in [-0.4, -0.2) is 22.1 Å². The van der Waals surface area contributed by atoms with Crippen molar-refractivity contribution in [3.8, 4) is 0 Å². The highest BCUT2D eigenvalue weighted by Gasteiger charge is 2.36. The maximum absolute atomic E-state index is 12.7. The molecule has 1 saturated carbocycles. The number of nitrogens with zero attached hydrogens (tertiary/aromatic N) is 1. The van der Waals surface area contributed by atoms with Crippen LogP contribution in [0.15, 0.2) is 57.9 Å². The van der Waals surface area contributed by atoms with Gasteiger partial charge in [0.15, 0.2) is 11.2 Å². The molecule has 138 valence electrons. The summed E-state index contributed by atoms with van der Waals surface area (Å²) in [5.41, 5.74) is 1.48. The van der Waals surface area contributed by atoms with Crippen LogP contribution in [-0.2, 0) is 0 Å². The number of fused-ring (bicyclic) bond motifs is 1. The van der Waals surface area contributed by atoms with Gasteiger partial charge in [0.25, 0.3) is 5.91 Å². The van der Waals surface area contributed by atoms with Gasteiger partial charge in [-0.1, -0.05) is 18.2 Å². The monoisotopic (exact) mass is 364 g/mol. The van der Waals surface area contributed by atoms with Crippen LogP contribution >= 0.6 is 0 Å². The van der Waals surface area contributed by atoms with Crippen molar-refractivity contribution in [2.75, 3.05) is 0 Å². The molecule has 0 spiro atoms. The van der Waals surface area contributed by atoms with Crippen molar-refractivity contribution in [1.82, 2.24) is 10.3 Å². The van der Waals surface area contributed by atoms with Gasteiger partial charge in [-0.2, -0.15) is 0 Å². The predicted molar refractivity (Wildman–Crippen MR) is 100 cm³/mol. The quantitative estimate of drug-likeness (QED) is 0.743. The highest BCUT2D eigenvalue weighted by atomic mass is 16.3. The van der Waals surface area contributed by atoms with Crippen molar-refractivity contribution < 1.29 is 14.3 Å². The van der Waals surface area contributed by atoms with Crippen molar-refractivity contribution in [3.63, 3.8) is 0 Å². The van der Waals surface area contributed by atoms with Crippen LogP contribution in [0.3, 0.4) is 0 Å². The topological polar surface area (TPSA) is 92.4 Å². The summed E-state index contributed by atoms with van der Waals surface area (Å²) in [6.45, 7) is 1.63. The third kappa shape index (κ3) is 3.61. The molecule has 0 bridgehead atoms. The van der Waals surface area contributed by atoms with E-state index in [2.05, 4.69) is 10.3 Å². The van der Waals surface area contributed by atoms with Crippen LogP contribution < -0.4 is 10.7 Å². The third-order valence-corrected chi connectivity index (χ3v) is 4.99. The lowest BCUT2D eigenvalue weighted by Crippen LogP contribution is -2.41. The Morgan fingerprint density at radius 1 is 1.26 bits per heavy atom. The average molecular weight is 364 g/mol. The van der Waals surface area contributed by atoms with E-state index >= 15 is 0 Å². The van der Waals surface area contributed by atoms with Crippen molar-refractivity contribution in [3.05, 3.63) is 76.0 Å². The molecule has 4 rings (SSSR count). The van der Waals surface area contributed by atoms with Crippen molar-refractivity contribution in [2.45, 2.75) is 31.9 Å². The molecule has 1 atom stereocenters. The molecule has 1 aliphatic carbocycles. The lowest BCUT2D eigenvalue weighted by atomic mass is 9.75. The van der Waals surface area contributed by atoms with Gasteiger partial charge in [0.05, 0.1) is 17.7 Å². The van der Waals surface area contributed by atoms with Crippen molar-refractivity contribution in [1.29, 1.82) is 0 Å². The van der Waals surface area contributed by atoms with Crippen LogP contribution in [0.4, 0.5) is 0 Å². The molecule has 6 nitrogen and oxygen atoms in total. The molecule has 0 aliphatic heterocycles. The van der Waals surface area contributed by atoms with E-state index in [1.165, 1.54) is 12.1 Å². The molecule has 6 heteroatoms. The Morgan fingerprint density at radius 2 is 2.04 bits per heavy atom. The number of carbonyl (C=O) groups is 1. The number of hydrogen-bond acceptors (Lipinski definition) is 5. The first-order valence-corrected chi connectivity index (χ1v) is 8.95. The molecule has 0 radical (unpaired) electrons. The van der Waals surface area contributed by atoms with E-state index in [0.29, 0.717) is 18.6 Å². The smallest absolute Gasteiger partial charge is 0.287 e. The molecule has 2 N–H and O–H groups in total. The molecule has 1 amide bonds. The number of benzene rings is 1. The Kier molecular flexibility index (Phi) is 4.49. The molecule has 27 heavy (non-hydrogen) atoms. The molecule has 2 heterocycles. The summed E-state index contributed by atoms with van der Waals surface area (Å²) >= 11 is 0. The number of carbonyl (C=O) groups excluding carboxylic acids is 1. The minimum absolute atomic E-state index is 0.0152. The summed E-state index contributed by atoms with van der Waals surface area (Å²) in [4.78, 5) is 28.9. The van der Waals surface area contributed by atoms with E-state index in [0.717, 1.165) is 16.5 Å². The third-order valence-electron chi connectivity index (χ3n) is 4.99. The first kappa shape index (κ1) is 17.4. The van der Waals surface area contributed by atoms with Gasteiger partial charge >= 0.3 is 0 Å². The fourth-order valence-electron chi connectivity index (χ4n) is 3.56. The van der Waals surface area contributed by atoms with Gasteiger partial charge in [0, 0.05) is 23.7 Å².